The van der Waals surface area contributed by atoms with Gasteiger partial charge in [0.1, 0.15) is 5.82 Å². The summed E-state index contributed by atoms with van der Waals surface area (Å²) in [6.07, 6.45) is 1.66. The van der Waals surface area contributed by atoms with Crippen LogP contribution in [0.15, 0.2) is 48.7 Å². The van der Waals surface area contributed by atoms with E-state index in [4.69, 9.17) is 0 Å². The Balaban J connectivity index is 2.34. The van der Waals surface area contributed by atoms with Crippen molar-refractivity contribution < 1.29 is 4.79 Å². The Labute approximate surface area is 101 Å². The van der Waals surface area contributed by atoms with Gasteiger partial charge in [0.05, 0.1) is 0 Å². The molecule has 0 saturated heterocycles. The molecule has 0 unspecified atom stereocenters. The quantitative estimate of drug-likeness (QED) is 0.754. The first-order valence-corrected chi connectivity index (χ1v) is 5.44. The van der Waals surface area contributed by atoms with Gasteiger partial charge in [-0.2, -0.15) is 0 Å². The molecule has 3 nitrogen and oxygen atoms in total. The van der Waals surface area contributed by atoms with Crippen LogP contribution in [0.3, 0.4) is 0 Å². The van der Waals surface area contributed by atoms with Crippen molar-refractivity contribution in [1.82, 2.24) is 4.98 Å². The van der Waals surface area contributed by atoms with E-state index >= 15 is 0 Å². The van der Waals surface area contributed by atoms with Gasteiger partial charge in [-0.25, -0.2) is 4.98 Å². The molecule has 0 fully saturated rings. The Hall–Kier alpha value is -2.16. The minimum atomic E-state index is 0.0510. The van der Waals surface area contributed by atoms with Crippen molar-refractivity contribution in [3.63, 3.8) is 0 Å². The number of hydrogen-bond donors (Lipinski definition) is 0. The predicted octanol–water partition coefficient (Wildman–Crippen LogP) is 3.05. The number of anilines is 2. The number of aromatic nitrogens is 1. The van der Waals surface area contributed by atoms with Crippen molar-refractivity contribution in [3.05, 3.63) is 54.2 Å². The minimum absolute atomic E-state index is 0.0510. The van der Waals surface area contributed by atoms with Crippen LogP contribution in [0.1, 0.15) is 17.3 Å². The van der Waals surface area contributed by atoms with Gasteiger partial charge in [-0.1, -0.05) is 18.2 Å². The first-order valence-electron chi connectivity index (χ1n) is 5.44. The molecule has 0 aliphatic carbocycles. The molecule has 1 heterocycles. The van der Waals surface area contributed by atoms with Gasteiger partial charge in [0, 0.05) is 24.5 Å². The highest BCUT2D eigenvalue weighted by Crippen LogP contribution is 2.21. The average molecular weight is 226 g/mol. The minimum Gasteiger partial charge on any atom is -0.329 e. The second-order valence-electron chi connectivity index (χ2n) is 3.85. The van der Waals surface area contributed by atoms with Crippen LogP contribution in [0.25, 0.3) is 0 Å². The molecule has 17 heavy (non-hydrogen) atoms. The second-order valence-corrected chi connectivity index (χ2v) is 3.85. The maximum absolute atomic E-state index is 11.3. The lowest BCUT2D eigenvalue weighted by molar-refractivity contribution is 0.101. The molecule has 0 atom stereocenters. The number of hydrogen-bond acceptors (Lipinski definition) is 3. The summed E-state index contributed by atoms with van der Waals surface area (Å²) >= 11 is 0. The largest absolute Gasteiger partial charge is 0.329 e. The smallest absolute Gasteiger partial charge is 0.159 e. The van der Waals surface area contributed by atoms with Crippen molar-refractivity contribution >= 4 is 17.3 Å². The molecule has 0 N–H and O–H groups in total. The molecule has 0 aliphatic heterocycles. The van der Waals surface area contributed by atoms with Crippen molar-refractivity contribution in [2.75, 3.05) is 11.9 Å². The molecule has 86 valence electrons. The van der Waals surface area contributed by atoms with E-state index < -0.39 is 0 Å². The van der Waals surface area contributed by atoms with E-state index in [1.165, 1.54) is 0 Å². The SMILES string of the molecule is CC(=O)c1ccnc(N(C)c2ccccc2)c1. The van der Waals surface area contributed by atoms with Gasteiger partial charge < -0.3 is 4.90 Å². The molecule has 0 radical (unpaired) electrons. The third kappa shape index (κ3) is 2.50. The highest BCUT2D eigenvalue weighted by atomic mass is 16.1. The van der Waals surface area contributed by atoms with Gasteiger partial charge in [0.25, 0.3) is 0 Å². The van der Waals surface area contributed by atoms with E-state index in [0.29, 0.717) is 5.56 Å². The number of carbonyl (C=O) groups is 1. The Morgan fingerprint density at radius 1 is 1.18 bits per heavy atom. The first-order chi connectivity index (χ1) is 8.18. The van der Waals surface area contributed by atoms with Gasteiger partial charge in [0.15, 0.2) is 5.78 Å². The predicted molar refractivity (Wildman–Crippen MR) is 68.7 cm³/mol. The van der Waals surface area contributed by atoms with Crippen LogP contribution in [0.4, 0.5) is 11.5 Å². The second kappa shape index (κ2) is 4.78. The van der Waals surface area contributed by atoms with Crippen LogP contribution in [0.2, 0.25) is 0 Å². The van der Waals surface area contributed by atoms with Crippen LogP contribution in [-0.4, -0.2) is 17.8 Å². The number of ketones is 1. The van der Waals surface area contributed by atoms with E-state index in [9.17, 15) is 4.79 Å². The molecule has 2 rings (SSSR count). The molecule has 0 saturated carbocycles. The molecule has 0 amide bonds. The normalized spacial score (nSPS) is 10.0. The topological polar surface area (TPSA) is 33.2 Å². The Kier molecular flexibility index (Phi) is 3.19. The van der Waals surface area contributed by atoms with Crippen molar-refractivity contribution in [1.29, 1.82) is 0 Å². The number of carbonyl (C=O) groups excluding carboxylic acids is 1. The number of para-hydroxylation sites is 1. The Morgan fingerprint density at radius 3 is 2.53 bits per heavy atom. The van der Waals surface area contributed by atoms with Crippen LogP contribution in [0.5, 0.6) is 0 Å². The maximum atomic E-state index is 11.3. The van der Waals surface area contributed by atoms with E-state index in [-0.39, 0.29) is 5.78 Å². The number of pyridine rings is 1. The fourth-order valence-electron chi connectivity index (χ4n) is 1.60. The van der Waals surface area contributed by atoms with Crippen LogP contribution in [0, 0.1) is 0 Å². The number of nitrogens with zero attached hydrogens (tertiary/aromatic N) is 2. The average Bonchev–Trinajstić information content (AvgIpc) is 2.39. The summed E-state index contributed by atoms with van der Waals surface area (Å²) in [5, 5.41) is 0. The summed E-state index contributed by atoms with van der Waals surface area (Å²) in [5.41, 5.74) is 1.72. The summed E-state index contributed by atoms with van der Waals surface area (Å²) in [4.78, 5) is 17.5. The van der Waals surface area contributed by atoms with Gasteiger partial charge in [0.2, 0.25) is 0 Å². The summed E-state index contributed by atoms with van der Waals surface area (Å²) in [5.74, 6) is 0.819. The third-order valence-electron chi connectivity index (χ3n) is 2.64. The summed E-state index contributed by atoms with van der Waals surface area (Å²) in [6, 6.07) is 13.4. The van der Waals surface area contributed by atoms with Crippen LogP contribution in [-0.2, 0) is 0 Å². The molecular formula is C14H14N2O. The fraction of sp³-hybridized carbons (Fsp3) is 0.143. The molecule has 0 aliphatic rings. The van der Waals surface area contributed by atoms with Gasteiger partial charge in [-0.3, -0.25) is 4.79 Å². The number of benzene rings is 1. The molecular weight excluding hydrogens is 212 g/mol. The molecule has 2 aromatic rings. The van der Waals surface area contributed by atoms with Crippen molar-refractivity contribution in [2.24, 2.45) is 0 Å². The van der Waals surface area contributed by atoms with Gasteiger partial charge in [-0.15, -0.1) is 0 Å². The standard InChI is InChI=1S/C14H14N2O/c1-11(17)12-8-9-15-14(10-12)16(2)13-6-4-3-5-7-13/h3-10H,1-2H3. The molecule has 1 aromatic heterocycles. The zero-order chi connectivity index (χ0) is 12.3. The highest BCUT2D eigenvalue weighted by Gasteiger charge is 2.07. The van der Waals surface area contributed by atoms with E-state index in [0.717, 1.165) is 11.5 Å². The van der Waals surface area contributed by atoms with E-state index in [2.05, 4.69) is 4.98 Å². The summed E-state index contributed by atoms with van der Waals surface area (Å²) in [6.45, 7) is 1.56. The zero-order valence-electron chi connectivity index (χ0n) is 9.92. The van der Waals surface area contributed by atoms with Crippen LogP contribution < -0.4 is 4.90 Å². The van der Waals surface area contributed by atoms with Crippen molar-refractivity contribution in [2.45, 2.75) is 6.92 Å². The maximum Gasteiger partial charge on any atom is 0.159 e. The Morgan fingerprint density at radius 2 is 1.88 bits per heavy atom. The molecule has 0 spiro atoms. The number of Topliss-reactive ketones (excluding diaryl/α,β-unsaturated/α-hetero) is 1. The van der Waals surface area contributed by atoms with Gasteiger partial charge >= 0.3 is 0 Å². The fourth-order valence-corrected chi connectivity index (χ4v) is 1.60. The van der Waals surface area contributed by atoms with E-state index in [1.54, 1.807) is 25.3 Å². The summed E-state index contributed by atoms with van der Waals surface area (Å²) < 4.78 is 0. The lowest BCUT2D eigenvalue weighted by Crippen LogP contribution is -2.11. The lowest BCUT2D eigenvalue weighted by Gasteiger charge is -2.18. The lowest BCUT2D eigenvalue weighted by atomic mass is 10.2. The zero-order valence-corrected chi connectivity index (χ0v) is 9.92. The summed E-state index contributed by atoms with van der Waals surface area (Å²) in [7, 11) is 1.93. The molecule has 0 bridgehead atoms. The monoisotopic (exact) mass is 226 g/mol. The van der Waals surface area contributed by atoms with Crippen molar-refractivity contribution in [3.8, 4) is 0 Å². The molecule has 1 aromatic carbocycles. The van der Waals surface area contributed by atoms with Crippen LogP contribution >= 0.6 is 0 Å². The first kappa shape index (κ1) is 11.3. The molecule has 3 heteroatoms. The third-order valence-corrected chi connectivity index (χ3v) is 2.64. The Bertz CT molecular complexity index is 523. The van der Waals surface area contributed by atoms with E-state index in [1.807, 2.05) is 42.3 Å². The van der Waals surface area contributed by atoms with Gasteiger partial charge in [-0.05, 0) is 31.2 Å². The number of rotatable bonds is 3. The highest BCUT2D eigenvalue weighted by molar-refractivity contribution is 5.94.